The number of Topliss-reactive ketones (excluding diaryl/α,β-unsaturated/α-hetero) is 1. The molecule has 0 saturated heterocycles. The number of benzene rings is 5. The summed E-state index contributed by atoms with van der Waals surface area (Å²) in [6.45, 7) is 1.56. The molecule has 0 aromatic heterocycles. The Morgan fingerprint density at radius 1 is 0.500 bits per heavy atom. The Bertz CT molecular complexity index is 1250. The van der Waals surface area contributed by atoms with Gasteiger partial charge in [0.15, 0.2) is 5.78 Å². The minimum atomic E-state index is 0.121. The minimum absolute atomic E-state index is 0.121. The van der Waals surface area contributed by atoms with E-state index in [4.69, 9.17) is 10.2 Å². The van der Waals surface area contributed by atoms with Gasteiger partial charge in [-0.3, -0.25) is 4.79 Å². The highest BCUT2D eigenvalue weighted by Crippen LogP contribution is 2.35. The van der Waals surface area contributed by atoms with E-state index in [1.165, 1.54) is 22.3 Å². The number of phenolic OH excluding ortho intramolecular Hbond substituents is 2. The number of fused-ring (bicyclic) bond motifs is 3. The lowest BCUT2D eigenvalue weighted by Gasteiger charge is -1.98. The molecular weight excluding hydrogens is 444 g/mol. The molecule has 2 N–H and O–H groups in total. The van der Waals surface area contributed by atoms with Gasteiger partial charge in [0, 0.05) is 5.56 Å². The van der Waals surface area contributed by atoms with Crippen LogP contribution >= 0.6 is 0 Å². The van der Waals surface area contributed by atoms with E-state index in [2.05, 4.69) is 48.5 Å². The van der Waals surface area contributed by atoms with Crippen LogP contribution in [0.5, 0.6) is 11.5 Å². The molecule has 36 heavy (non-hydrogen) atoms. The first kappa shape index (κ1) is 26.0. The first-order chi connectivity index (χ1) is 17.5. The number of para-hydroxylation sites is 2. The molecule has 5 aromatic carbocycles. The van der Waals surface area contributed by atoms with Crippen LogP contribution in [-0.4, -0.2) is 16.0 Å². The summed E-state index contributed by atoms with van der Waals surface area (Å²) in [6, 6.07) is 44.0. The van der Waals surface area contributed by atoms with E-state index >= 15 is 0 Å². The predicted molar refractivity (Wildman–Crippen MR) is 147 cm³/mol. The Kier molecular flexibility index (Phi) is 10.1. The normalized spacial score (nSPS) is 10.0. The molecule has 0 atom stereocenters. The van der Waals surface area contributed by atoms with Crippen LogP contribution in [0.4, 0.5) is 0 Å². The van der Waals surface area contributed by atoms with Gasteiger partial charge in [-0.2, -0.15) is 0 Å². The van der Waals surface area contributed by atoms with Crippen LogP contribution in [0.1, 0.15) is 28.4 Å². The summed E-state index contributed by atoms with van der Waals surface area (Å²) < 4.78 is 0. The summed E-state index contributed by atoms with van der Waals surface area (Å²) in [5.74, 6) is 0.764. The lowest BCUT2D eigenvalue weighted by molar-refractivity contribution is 0.101. The van der Waals surface area contributed by atoms with Crippen molar-refractivity contribution in [1.29, 1.82) is 0 Å². The number of rotatable bonds is 1. The molecule has 0 spiro atoms. The van der Waals surface area contributed by atoms with Crippen molar-refractivity contribution in [3.8, 4) is 22.6 Å². The average molecular weight is 475 g/mol. The summed E-state index contributed by atoms with van der Waals surface area (Å²) >= 11 is 0. The number of ketones is 1. The lowest BCUT2D eigenvalue weighted by atomic mass is 10.1. The maximum absolute atomic E-state index is 10.6. The van der Waals surface area contributed by atoms with Crippen LogP contribution < -0.4 is 0 Å². The molecule has 0 fully saturated rings. The third-order valence-corrected chi connectivity index (χ3v) is 5.40. The summed E-state index contributed by atoms with van der Waals surface area (Å²) in [4.78, 5) is 10.6. The van der Waals surface area contributed by atoms with E-state index in [1.54, 1.807) is 55.5 Å². The van der Waals surface area contributed by atoms with Gasteiger partial charge in [0.25, 0.3) is 0 Å². The van der Waals surface area contributed by atoms with Gasteiger partial charge in [0.05, 0.1) is 0 Å². The standard InChI is InChI=1S/C13H10.C8H8O.2C6H6O/c1-3-7-12-10(5-1)9-11-6-2-4-8-13(11)12;1-7(9)8-5-3-2-4-6-8;2*7-6-4-2-1-3-5-6/h1-8H,9H2;2-6H,1H3;2*1-5,7H. The number of hydrogen-bond donors (Lipinski definition) is 2. The highest BCUT2D eigenvalue weighted by atomic mass is 16.3. The van der Waals surface area contributed by atoms with Gasteiger partial charge in [0.2, 0.25) is 0 Å². The van der Waals surface area contributed by atoms with Crippen molar-refractivity contribution in [2.45, 2.75) is 13.3 Å². The van der Waals surface area contributed by atoms with E-state index < -0.39 is 0 Å². The van der Waals surface area contributed by atoms with Crippen molar-refractivity contribution in [2.75, 3.05) is 0 Å². The van der Waals surface area contributed by atoms with Gasteiger partial charge >= 0.3 is 0 Å². The van der Waals surface area contributed by atoms with Crippen LogP contribution in [0, 0.1) is 0 Å². The van der Waals surface area contributed by atoms with Crippen molar-refractivity contribution in [1.82, 2.24) is 0 Å². The number of carbonyl (C=O) groups is 1. The van der Waals surface area contributed by atoms with Crippen LogP contribution in [0.25, 0.3) is 11.1 Å². The second kappa shape index (κ2) is 13.9. The molecule has 180 valence electrons. The van der Waals surface area contributed by atoms with Crippen LogP contribution in [0.15, 0.2) is 140 Å². The minimum Gasteiger partial charge on any atom is -0.508 e. The first-order valence-corrected chi connectivity index (χ1v) is 11.7. The van der Waals surface area contributed by atoms with E-state index in [9.17, 15) is 4.79 Å². The average Bonchev–Trinajstić information content (AvgIpc) is 3.30. The van der Waals surface area contributed by atoms with Crippen molar-refractivity contribution in [2.24, 2.45) is 0 Å². The smallest absolute Gasteiger partial charge is 0.159 e. The number of aromatic hydroxyl groups is 2. The fourth-order valence-corrected chi connectivity index (χ4v) is 3.61. The molecule has 0 saturated carbocycles. The highest BCUT2D eigenvalue weighted by Gasteiger charge is 2.15. The maximum Gasteiger partial charge on any atom is 0.159 e. The van der Waals surface area contributed by atoms with E-state index in [-0.39, 0.29) is 5.78 Å². The molecule has 0 amide bonds. The highest BCUT2D eigenvalue weighted by molar-refractivity contribution is 5.93. The molecule has 1 aliphatic carbocycles. The quantitative estimate of drug-likeness (QED) is 0.238. The van der Waals surface area contributed by atoms with Crippen LogP contribution in [-0.2, 0) is 6.42 Å². The van der Waals surface area contributed by atoms with E-state index in [0.29, 0.717) is 11.5 Å². The molecule has 3 heteroatoms. The Labute approximate surface area is 213 Å². The lowest BCUT2D eigenvalue weighted by Crippen LogP contribution is -1.88. The zero-order chi connectivity index (χ0) is 25.6. The van der Waals surface area contributed by atoms with Gasteiger partial charge < -0.3 is 10.2 Å². The molecule has 0 heterocycles. The molecule has 0 radical (unpaired) electrons. The topological polar surface area (TPSA) is 57.5 Å². The van der Waals surface area contributed by atoms with Crippen molar-refractivity contribution >= 4 is 5.78 Å². The van der Waals surface area contributed by atoms with Crippen LogP contribution in [0.3, 0.4) is 0 Å². The Balaban J connectivity index is 0.000000139. The zero-order valence-electron chi connectivity index (χ0n) is 20.3. The largest absolute Gasteiger partial charge is 0.508 e. The molecule has 1 aliphatic rings. The van der Waals surface area contributed by atoms with Gasteiger partial charge in [-0.05, 0) is 59.9 Å². The number of hydrogen-bond acceptors (Lipinski definition) is 3. The summed E-state index contributed by atoms with van der Waals surface area (Å²) in [7, 11) is 0. The van der Waals surface area contributed by atoms with Gasteiger partial charge in [-0.15, -0.1) is 0 Å². The molecule has 0 bridgehead atoms. The molecule has 5 aromatic rings. The maximum atomic E-state index is 10.6. The summed E-state index contributed by atoms with van der Waals surface area (Å²) in [6.07, 6.45) is 1.10. The third-order valence-electron chi connectivity index (χ3n) is 5.40. The molecular formula is C33H30O3. The predicted octanol–water partition coefficient (Wildman–Crippen LogP) is 7.93. The molecule has 6 rings (SSSR count). The zero-order valence-corrected chi connectivity index (χ0v) is 20.3. The van der Waals surface area contributed by atoms with Gasteiger partial charge in [-0.1, -0.05) is 115 Å². The Morgan fingerprint density at radius 2 is 0.833 bits per heavy atom. The van der Waals surface area contributed by atoms with Crippen molar-refractivity contribution in [3.63, 3.8) is 0 Å². The van der Waals surface area contributed by atoms with Gasteiger partial charge in [0.1, 0.15) is 11.5 Å². The van der Waals surface area contributed by atoms with E-state index in [0.717, 1.165) is 12.0 Å². The SMILES string of the molecule is CC(=O)c1ccccc1.Oc1ccccc1.Oc1ccccc1.c1ccc2c(c1)Cc1ccccc1-2. The fourth-order valence-electron chi connectivity index (χ4n) is 3.61. The molecule has 0 aliphatic heterocycles. The summed E-state index contributed by atoms with van der Waals surface area (Å²) in [5, 5.41) is 17.3. The summed E-state index contributed by atoms with van der Waals surface area (Å²) in [5.41, 5.74) is 6.53. The van der Waals surface area contributed by atoms with Crippen molar-refractivity contribution in [3.05, 3.63) is 156 Å². The molecule has 3 nitrogen and oxygen atoms in total. The van der Waals surface area contributed by atoms with Gasteiger partial charge in [-0.25, -0.2) is 0 Å². The second-order valence-corrected chi connectivity index (χ2v) is 8.08. The van der Waals surface area contributed by atoms with Crippen molar-refractivity contribution < 1.29 is 15.0 Å². The van der Waals surface area contributed by atoms with E-state index in [1.807, 2.05) is 42.5 Å². The first-order valence-electron chi connectivity index (χ1n) is 11.7. The Morgan fingerprint density at radius 3 is 1.14 bits per heavy atom. The number of carbonyl (C=O) groups excluding carboxylic acids is 1. The monoisotopic (exact) mass is 474 g/mol. The Hall–Kier alpha value is -4.63. The fraction of sp³-hybridized carbons (Fsp3) is 0.0606. The van der Waals surface area contributed by atoms with Crippen LogP contribution in [0.2, 0.25) is 0 Å². The third kappa shape index (κ3) is 8.30. The molecule has 0 unspecified atom stereocenters. The second-order valence-electron chi connectivity index (χ2n) is 8.08. The number of phenols is 2.